The average Bonchev–Trinajstić information content (AvgIpc) is 2.64. The molecule has 0 saturated heterocycles. The van der Waals surface area contributed by atoms with Gasteiger partial charge in [-0.1, -0.05) is 84.4 Å². The van der Waals surface area contributed by atoms with Gasteiger partial charge in [0.25, 0.3) is 0 Å². The van der Waals surface area contributed by atoms with Crippen molar-refractivity contribution in [1.29, 1.82) is 0 Å². The number of rotatable bonds is 5. The van der Waals surface area contributed by atoms with Crippen LogP contribution in [0.5, 0.6) is 0 Å². The lowest BCUT2D eigenvalue weighted by Gasteiger charge is -2.13. The maximum atomic E-state index is 12.6. The number of ketones is 1. The molecule has 24 heavy (non-hydrogen) atoms. The summed E-state index contributed by atoms with van der Waals surface area (Å²) in [6, 6.07) is 26.4. The standard InChI is InChI=1S/C21H16ClNO/c22-18-13-7-8-14-19(18)23-20(16-9-3-1-4-10-16)15-21(24)17-11-5-2-6-12-17/h1-15,23H/b20-15-. The van der Waals surface area contributed by atoms with Gasteiger partial charge in [-0.2, -0.15) is 0 Å². The van der Waals surface area contributed by atoms with E-state index in [9.17, 15) is 4.79 Å². The topological polar surface area (TPSA) is 29.1 Å². The number of hydrogen-bond donors (Lipinski definition) is 1. The molecule has 0 saturated carbocycles. The minimum absolute atomic E-state index is 0.0611. The molecule has 0 unspecified atom stereocenters. The fourth-order valence-electron chi connectivity index (χ4n) is 2.33. The van der Waals surface area contributed by atoms with Crippen molar-refractivity contribution in [1.82, 2.24) is 0 Å². The molecule has 0 aliphatic carbocycles. The molecule has 118 valence electrons. The van der Waals surface area contributed by atoms with Crippen molar-refractivity contribution in [3.63, 3.8) is 0 Å². The van der Waals surface area contributed by atoms with E-state index in [0.29, 0.717) is 16.3 Å². The van der Waals surface area contributed by atoms with Gasteiger partial charge in [0.2, 0.25) is 0 Å². The molecule has 0 heterocycles. The molecule has 3 aromatic rings. The van der Waals surface area contributed by atoms with Crippen LogP contribution in [0.4, 0.5) is 5.69 Å². The van der Waals surface area contributed by atoms with Gasteiger partial charge in [-0.3, -0.25) is 4.79 Å². The molecule has 0 aliphatic rings. The summed E-state index contributed by atoms with van der Waals surface area (Å²) in [5.74, 6) is -0.0611. The fourth-order valence-corrected chi connectivity index (χ4v) is 2.52. The number of benzene rings is 3. The van der Waals surface area contributed by atoms with Crippen LogP contribution in [0.25, 0.3) is 5.70 Å². The second-order valence-electron chi connectivity index (χ2n) is 5.26. The second kappa shape index (κ2) is 7.62. The maximum absolute atomic E-state index is 12.6. The molecule has 0 bridgehead atoms. The van der Waals surface area contributed by atoms with Crippen molar-refractivity contribution in [3.05, 3.63) is 107 Å². The first-order valence-electron chi connectivity index (χ1n) is 7.62. The molecule has 1 N–H and O–H groups in total. The van der Waals surface area contributed by atoms with Crippen molar-refractivity contribution in [2.45, 2.75) is 0 Å². The van der Waals surface area contributed by atoms with E-state index < -0.39 is 0 Å². The van der Waals surface area contributed by atoms with Crippen molar-refractivity contribution < 1.29 is 4.79 Å². The molecule has 0 radical (unpaired) electrons. The first kappa shape index (κ1) is 16.0. The van der Waals surface area contributed by atoms with Gasteiger partial charge in [0, 0.05) is 17.3 Å². The van der Waals surface area contributed by atoms with Gasteiger partial charge in [0.1, 0.15) is 0 Å². The molecule has 3 heteroatoms. The van der Waals surface area contributed by atoms with Gasteiger partial charge in [-0.05, 0) is 17.7 Å². The Morgan fingerprint density at radius 2 is 1.29 bits per heavy atom. The van der Waals surface area contributed by atoms with Crippen molar-refractivity contribution in [3.8, 4) is 0 Å². The first-order valence-corrected chi connectivity index (χ1v) is 8.00. The Hall–Kier alpha value is -2.84. The average molecular weight is 334 g/mol. The predicted molar refractivity (Wildman–Crippen MR) is 100 cm³/mol. The van der Waals surface area contributed by atoms with E-state index in [2.05, 4.69) is 5.32 Å². The van der Waals surface area contributed by atoms with Crippen LogP contribution in [0.15, 0.2) is 91.0 Å². The molecule has 3 aromatic carbocycles. The van der Waals surface area contributed by atoms with Gasteiger partial charge >= 0.3 is 0 Å². The zero-order valence-electron chi connectivity index (χ0n) is 12.9. The zero-order valence-corrected chi connectivity index (χ0v) is 13.7. The van der Waals surface area contributed by atoms with Gasteiger partial charge < -0.3 is 5.32 Å². The lowest BCUT2D eigenvalue weighted by molar-refractivity contribution is 0.104. The van der Waals surface area contributed by atoms with Crippen molar-refractivity contribution in [2.24, 2.45) is 0 Å². The zero-order chi connectivity index (χ0) is 16.8. The van der Waals surface area contributed by atoms with E-state index in [0.717, 1.165) is 11.3 Å². The minimum Gasteiger partial charge on any atom is -0.354 e. The number of anilines is 1. The summed E-state index contributed by atoms with van der Waals surface area (Å²) in [6.07, 6.45) is 1.61. The highest BCUT2D eigenvalue weighted by Crippen LogP contribution is 2.25. The van der Waals surface area contributed by atoms with E-state index in [-0.39, 0.29) is 5.78 Å². The lowest BCUT2D eigenvalue weighted by Crippen LogP contribution is -2.04. The van der Waals surface area contributed by atoms with Crippen LogP contribution in [0.2, 0.25) is 5.02 Å². The normalized spacial score (nSPS) is 11.1. The molecule has 2 nitrogen and oxygen atoms in total. The number of nitrogens with one attached hydrogen (secondary N) is 1. The quantitative estimate of drug-likeness (QED) is 0.481. The Morgan fingerprint density at radius 3 is 1.92 bits per heavy atom. The van der Waals surface area contributed by atoms with Crippen LogP contribution in [0, 0.1) is 0 Å². The molecular formula is C21H16ClNO. The third-order valence-electron chi connectivity index (χ3n) is 3.56. The number of allylic oxidation sites excluding steroid dienone is 1. The van der Waals surface area contributed by atoms with Crippen LogP contribution >= 0.6 is 11.6 Å². The van der Waals surface area contributed by atoms with Crippen LogP contribution in [-0.2, 0) is 0 Å². The van der Waals surface area contributed by atoms with Gasteiger partial charge in [0.15, 0.2) is 5.78 Å². The SMILES string of the molecule is O=C(/C=C(\Nc1ccccc1Cl)c1ccccc1)c1ccccc1. The van der Waals surface area contributed by atoms with E-state index in [1.54, 1.807) is 18.2 Å². The Balaban J connectivity index is 1.98. The largest absolute Gasteiger partial charge is 0.354 e. The summed E-state index contributed by atoms with van der Waals surface area (Å²) in [4.78, 5) is 12.6. The second-order valence-corrected chi connectivity index (χ2v) is 5.67. The highest BCUT2D eigenvalue weighted by atomic mass is 35.5. The molecule has 3 rings (SSSR count). The third kappa shape index (κ3) is 3.92. The Labute approximate surface area is 146 Å². The highest BCUT2D eigenvalue weighted by Gasteiger charge is 2.09. The molecule has 0 aliphatic heterocycles. The fraction of sp³-hybridized carbons (Fsp3) is 0. The number of halogens is 1. The van der Waals surface area contributed by atoms with Crippen LogP contribution in [0.1, 0.15) is 15.9 Å². The minimum atomic E-state index is -0.0611. The number of carbonyl (C=O) groups excluding carboxylic acids is 1. The molecular weight excluding hydrogens is 318 g/mol. The Morgan fingerprint density at radius 1 is 0.750 bits per heavy atom. The maximum Gasteiger partial charge on any atom is 0.187 e. The molecule has 0 fully saturated rings. The molecule has 0 spiro atoms. The Kier molecular flexibility index (Phi) is 5.09. The van der Waals surface area contributed by atoms with Crippen molar-refractivity contribution >= 4 is 28.8 Å². The molecule has 0 amide bonds. The van der Waals surface area contributed by atoms with Gasteiger partial charge in [-0.15, -0.1) is 0 Å². The number of para-hydroxylation sites is 1. The van der Waals surface area contributed by atoms with Gasteiger partial charge in [-0.25, -0.2) is 0 Å². The number of carbonyl (C=O) groups is 1. The van der Waals surface area contributed by atoms with Crippen LogP contribution < -0.4 is 5.32 Å². The monoisotopic (exact) mass is 333 g/mol. The van der Waals surface area contributed by atoms with E-state index in [4.69, 9.17) is 11.6 Å². The first-order chi connectivity index (χ1) is 11.7. The predicted octanol–water partition coefficient (Wildman–Crippen LogP) is 5.68. The van der Waals surface area contributed by atoms with E-state index in [1.165, 1.54) is 0 Å². The summed E-state index contributed by atoms with van der Waals surface area (Å²) in [5, 5.41) is 3.88. The van der Waals surface area contributed by atoms with Crippen LogP contribution in [0.3, 0.4) is 0 Å². The smallest absolute Gasteiger partial charge is 0.187 e. The molecule has 0 aromatic heterocycles. The van der Waals surface area contributed by atoms with Crippen molar-refractivity contribution in [2.75, 3.05) is 5.32 Å². The van der Waals surface area contributed by atoms with E-state index in [1.807, 2.05) is 72.8 Å². The summed E-state index contributed by atoms with van der Waals surface area (Å²) in [5.41, 5.74) is 3.03. The van der Waals surface area contributed by atoms with Crippen LogP contribution in [-0.4, -0.2) is 5.78 Å². The summed E-state index contributed by atoms with van der Waals surface area (Å²) >= 11 is 6.23. The van der Waals surface area contributed by atoms with E-state index >= 15 is 0 Å². The lowest BCUT2D eigenvalue weighted by atomic mass is 10.1. The third-order valence-corrected chi connectivity index (χ3v) is 3.89. The Bertz CT molecular complexity index is 857. The number of hydrogen-bond acceptors (Lipinski definition) is 2. The molecule has 0 atom stereocenters. The van der Waals surface area contributed by atoms with Gasteiger partial charge in [0.05, 0.1) is 10.7 Å². The summed E-state index contributed by atoms with van der Waals surface area (Å²) in [7, 11) is 0. The summed E-state index contributed by atoms with van der Waals surface area (Å²) < 4.78 is 0. The summed E-state index contributed by atoms with van der Waals surface area (Å²) in [6.45, 7) is 0. The highest BCUT2D eigenvalue weighted by molar-refractivity contribution is 6.33.